The average Bonchev–Trinajstić information content (AvgIpc) is 3.18. The summed E-state index contributed by atoms with van der Waals surface area (Å²) >= 11 is 1.27. The van der Waals surface area contributed by atoms with Crippen molar-refractivity contribution in [3.05, 3.63) is 70.2 Å². The van der Waals surface area contributed by atoms with E-state index in [0.717, 1.165) is 10.6 Å². The van der Waals surface area contributed by atoms with E-state index in [9.17, 15) is 10.1 Å². The topological polar surface area (TPSA) is 97.1 Å². The summed E-state index contributed by atoms with van der Waals surface area (Å²) in [4.78, 5) is 12.5. The molecule has 0 aliphatic rings. The predicted molar refractivity (Wildman–Crippen MR) is 111 cm³/mol. The number of carbonyl (C=O) groups excluding carboxylic acids is 1. The maximum absolute atomic E-state index is 12.5. The number of nitrogens with zero attached hydrogens (tertiary/aromatic N) is 3. The van der Waals surface area contributed by atoms with E-state index in [0.29, 0.717) is 28.6 Å². The third-order valence-electron chi connectivity index (χ3n) is 3.97. The van der Waals surface area contributed by atoms with Crippen LogP contribution in [0.3, 0.4) is 0 Å². The molecule has 1 amide bonds. The van der Waals surface area contributed by atoms with Gasteiger partial charge in [0.15, 0.2) is 11.5 Å². The Morgan fingerprint density at radius 1 is 1.14 bits per heavy atom. The fraction of sp³-hybridized carbons (Fsp3) is 0.143. The molecule has 0 spiro atoms. The van der Waals surface area contributed by atoms with Crippen LogP contribution in [0, 0.1) is 11.3 Å². The quantitative estimate of drug-likeness (QED) is 0.475. The molecule has 0 atom stereocenters. The van der Waals surface area contributed by atoms with E-state index in [4.69, 9.17) is 9.47 Å². The second-order valence-electron chi connectivity index (χ2n) is 5.90. The van der Waals surface area contributed by atoms with Crippen molar-refractivity contribution in [3.8, 4) is 17.6 Å². The number of anilines is 1. The lowest BCUT2D eigenvalue weighted by Crippen LogP contribution is -2.13. The number of ether oxygens (including phenoxy) is 2. The molecule has 2 aromatic carbocycles. The maximum atomic E-state index is 12.5. The van der Waals surface area contributed by atoms with Crippen molar-refractivity contribution in [1.29, 1.82) is 5.26 Å². The number of benzene rings is 2. The van der Waals surface area contributed by atoms with E-state index in [1.54, 1.807) is 18.2 Å². The third-order valence-corrected chi connectivity index (χ3v) is 4.81. The highest BCUT2D eigenvalue weighted by molar-refractivity contribution is 7.15. The summed E-state index contributed by atoms with van der Waals surface area (Å²) in [6, 6.07) is 16.9. The van der Waals surface area contributed by atoms with Gasteiger partial charge in [-0.15, -0.1) is 10.2 Å². The standard InChI is InChI=1S/C21H18N4O3S/c1-27-17-9-8-15(11-18(17)28-2)10-16(13-22)20(26)23-21-25-24-19(29-21)12-14-6-4-3-5-7-14/h3-11H,12H2,1-2H3,(H,23,25,26)/b16-10-. The summed E-state index contributed by atoms with van der Waals surface area (Å²) in [6.07, 6.45) is 2.10. The third kappa shape index (κ3) is 5.18. The summed E-state index contributed by atoms with van der Waals surface area (Å²) in [5.74, 6) is 0.519. The first-order chi connectivity index (χ1) is 14.1. The number of rotatable bonds is 7. The Balaban J connectivity index is 1.72. The van der Waals surface area contributed by atoms with Gasteiger partial charge in [0.1, 0.15) is 16.6 Å². The minimum atomic E-state index is -0.551. The molecule has 0 aliphatic heterocycles. The first-order valence-corrected chi connectivity index (χ1v) is 9.46. The molecule has 8 heteroatoms. The van der Waals surface area contributed by atoms with Crippen LogP contribution in [-0.4, -0.2) is 30.3 Å². The van der Waals surface area contributed by atoms with Crippen molar-refractivity contribution in [2.45, 2.75) is 6.42 Å². The van der Waals surface area contributed by atoms with Crippen LogP contribution in [0.4, 0.5) is 5.13 Å². The Hall–Kier alpha value is -3.70. The first kappa shape index (κ1) is 20.0. The first-order valence-electron chi connectivity index (χ1n) is 8.64. The molecular formula is C21H18N4O3S. The smallest absolute Gasteiger partial charge is 0.268 e. The highest BCUT2D eigenvalue weighted by atomic mass is 32.1. The molecule has 3 rings (SSSR count). The second kappa shape index (κ2) is 9.48. The minimum Gasteiger partial charge on any atom is -0.493 e. The number of nitrogens with one attached hydrogen (secondary N) is 1. The van der Waals surface area contributed by atoms with Gasteiger partial charge < -0.3 is 9.47 Å². The monoisotopic (exact) mass is 406 g/mol. The zero-order valence-electron chi connectivity index (χ0n) is 15.9. The molecule has 0 bridgehead atoms. The van der Waals surface area contributed by atoms with Crippen LogP contribution in [0.15, 0.2) is 54.1 Å². The van der Waals surface area contributed by atoms with Gasteiger partial charge in [-0.2, -0.15) is 5.26 Å². The zero-order valence-corrected chi connectivity index (χ0v) is 16.7. The second-order valence-corrected chi connectivity index (χ2v) is 6.96. The van der Waals surface area contributed by atoms with Crippen LogP contribution >= 0.6 is 11.3 Å². The van der Waals surface area contributed by atoms with Crippen LogP contribution < -0.4 is 14.8 Å². The zero-order chi connectivity index (χ0) is 20.6. The normalized spacial score (nSPS) is 10.9. The van der Waals surface area contributed by atoms with E-state index in [1.165, 1.54) is 31.6 Å². The van der Waals surface area contributed by atoms with E-state index >= 15 is 0 Å². The van der Waals surface area contributed by atoms with E-state index < -0.39 is 5.91 Å². The molecule has 0 saturated carbocycles. The molecular weight excluding hydrogens is 388 g/mol. The van der Waals surface area contributed by atoms with Gasteiger partial charge in [0.05, 0.1) is 14.2 Å². The Bertz CT molecular complexity index is 1070. The maximum Gasteiger partial charge on any atom is 0.268 e. The van der Waals surface area contributed by atoms with Gasteiger partial charge in [0.25, 0.3) is 5.91 Å². The minimum absolute atomic E-state index is 0.0583. The van der Waals surface area contributed by atoms with Gasteiger partial charge in [-0.1, -0.05) is 47.7 Å². The highest BCUT2D eigenvalue weighted by Gasteiger charge is 2.14. The number of hydrogen-bond donors (Lipinski definition) is 1. The van der Waals surface area contributed by atoms with Gasteiger partial charge >= 0.3 is 0 Å². The molecule has 0 aliphatic carbocycles. The largest absolute Gasteiger partial charge is 0.493 e. The molecule has 0 radical (unpaired) electrons. The van der Waals surface area contributed by atoms with Crippen LogP contribution in [0.25, 0.3) is 6.08 Å². The summed E-state index contributed by atoms with van der Waals surface area (Å²) in [6.45, 7) is 0. The molecule has 29 heavy (non-hydrogen) atoms. The van der Waals surface area contributed by atoms with Crippen molar-refractivity contribution in [3.63, 3.8) is 0 Å². The van der Waals surface area contributed by atoms with Crippen molar-refractivity contribution in [1.82, 2.24) is 10.2 Å². The lowest BCUT2D eigenvalue weighted by atomic mass is 10.1. The summed E-state index contributed by atoms with van der Waals surface area (Å²) in [5.41, 5.74) is 1.68. The van der Waals surface area contributed by atoms with Crippen molar-refractivity contribution in [2.24, 2.45) is 0 Å². The van der Waals surface area contributed by atoms with E-state index in [2.05, 4.69) is 15.5 Å². The lowest BCUT2D eigenvalue weighted by molar-refractivity contribution is -0.112. The van der Waals surface area contributed by atoms with Gasteiger partial charge in [0, 0.05) is 6.42 Å². The predicted octanol–water partition coefficient (Wildman–Crippen LogP) is 3.69. The average molecular weight is 406 g/mol. The molecule has 3 aromatic rings. The van der Waals surface area contributed by atoms with Crippen LogP contribution in [0.5, 0.6) is 11.5 Å². The lowest BCUT2D eigenvalue weighted by Gasteiger charge is -2.08. The fourth-order valence-electron chi connectivity index (χ4n) is 2.57. The Kier molecular flexibility index (Phi) is 6.55. The molecule has 0 unspecified atom stereocenters. The van der Waals surface area contributed by atoms with Crippen molar-refractivity contribution < 1.29 is 14.3 Å². The molecule has 0 fully saturated rings. The molecule has 146 valence electrons. The van der Waals surface area contributed by atoms with Crippen LogP contribution in [-0.2, 0) is 11.2 Å². The number of carbonyl (C=O) groups is 1. The Morgan fingerprint density at radius 2 is 1.90 bits per heavy atom. The molecule has 1 heterocycles. The number of nitriles is 1. The molecule has 7 nitrogen and oxygen atoms in total. The van der Waals surface area contributed by atoms with Crippen LogP contribution in [0.1, 0.15) is 16.1 Å². The summed E-state index contributed by atoms with van der Waals surface area (Å²) in [7, 11) is 3.06. The fourth-order valence-corrected chi connectivity index (χ4v) is 3.34. The van der Waals surface area contributed by atoms with Crippen LogP contribution in [0.2, 0.25) is 0 Å². The van der Waals surface area contributed by atoms with Gasteiger partial charge in [0.2, 0.25) is 5.13 Å². The van der Waals surface area contributed by atoms with E-state index in [-0.39, 0.29) is 5.57 Å². The summed E-state index contributed by atoms with van der Waals surface area (Å²) in [5, 5.41) is 21.2. The number of methoxy groups -OCH3 is 2. The molecule has 0 saturated heterocycles. The van der Waals surface area contributed by atoms with E-state index in [1.807, 2.05) is 36.4 Å². The van der Waals surface area contributed by atoms with Gasteiger partial charge in [-0.25, -0.2) is 0 Å². The Morgan fingerprint density at radius 3 is 2.59 bits per heavy atom. The molecule has 1 N–H and O–H groups in total. The Labute approximate surface area is 172 Å². The number of hydrogen-bond acceptors (Lipinski definition) is 7. The van der Waals surface area contributed by atoms with Gasteiger partial charge in [-0.05, 0) is 29.3 Å². The number of aromatic nitrogens is 2. The summed E-state index contributed by atoms with van der Waals surface area (Å²) < 4.78 is 10.4. The highest BCUT2D eigenvalue weighted by Crippen LogP contribution is 2.28. The van der Waals surface area contributed by atoms with Gasteiger partial charge in [-0.3, -0.25) is 10.1 Å². The van der Waals surface area contributed by atoms with Crippen molar-refractivity contribution >= 4 is 28.5 Å². The molecule has 1 aromatic heterocycles. The SMILES string of the molecule is COc1ccc(/C=C(/C#N)C(=O)Nc2nnc(Cc3ccccc3)s2)cc1OC. The number of amides is 1. The van der Waals surface area contributed by atoms with Crippen molar-refractivity contribution in [2.75, 3.05) is 19.5 Å².